The van der Waals surface area contributed by atoms with Gasteiger partial charge < -0.3 is 15.1 Å². The Hall–Kier alpha value is -3.34. The molecule has 0 spiro atoms. The van der Waals surface area contributed by atoms with Gasteiger partial charge in [0.05, 0.1) is 0 Å². The van der Waals surface area contributed by atoms with Crippen LogP contribution < -0.4 is 10.2 Å². The lowest BCUT2D eigenvalue weighted by atomic mass is 10.1. The second-order valence-electron chi connectivity index (χ2n) is 7.22. The average molecular weight is 386 g/mol. The first-order valence-electron chi connectivity index (χ1n) is 10.1. The number of aromatic nitrogens is 1. The van der Waals surface area contributed by atoms with Crippen molar-refractivity contribution in [3.63, 3.8) is 0 Å². The van der Waals surface area contributed by atoms with E-state index in [9.17, 15) is 4.79 Å². The molecule has 1 amide bonds. The van der Waals surface area contributed by atoms with Crippen LogP contribution in [0.2, 0.25) is 0 Å². The lowest BCUT2D eigenvalue weighted by Gasteiger charge is -2.36. The van der Waals surface area contributed by atoms with E-state index in [1.54, 1.807) is 12.3 Å². The Morgan fingerprint density at radius 1 is 0.966 bits per heavy atom. The minimum atomic E-state index is 0.0597. The number of carbonyl (C=O) groups excluding carboxylic acids is 1. The van der Waals surface area contributed by atoms with E-state index >= 15 is 0 Å². The van der Waals surface area contributed by atoms with E-state index in [2.05, 4.69) is 46.4 Å². The van der Waals surface area contributed by atoms with Crippen molar-refractivity contribution in [1.82, 2.24) is 9.88 Å². The van der Waals surface area contributed by atoms with E-state index in [1.807, 2.05) is 41.3 Å². The summed E-state index contributed by atoms with van der Waals surface area (Å²) >= 11 is 0. The first-order chi connectivity index (χ1) is 14.2. The number of hydrogen-bond acceptors (Lipinski definition) is 4. The van der Waals surface area contributed by atoms with Crippen molar-refractivity contribution in [2.24, 2.45) is 0 Å². The predicted molar refractivity (Wildman–Crippen MR) is 118 cm³/mol. The molecule has 1 N–H and O–H groups in total. The number of rotatable bonds is 5. The summed E-state index contributed by atoms with van der Waals surface area (Å²) in [5, 5.41) is 3.29. The van der Waals surface area contributed by atoms with Crippen LogP contribution >= 0.6 is 0 Å². The molecule has 2 heterocycles. The zero-order valence-electron chi connectivity index (χ0n) is 16.7. The second kappa shape index (κ2) is 8.78. The van der Waals surface area contributed by atoms with Crippen LogP contribution in [0.4, 0.5) is 17.2 Å². The van der Waals surface area contributed by atoms with Gasteiger partial charge in [0, 0.05) is 49.3 Å². The third kappa shape index (κ3) is 4.57. The average Bonchev–Trinajstić information content (AvgIpc) is 2.80. The van der Waals surface area contributed by atoms with E-state index in [4.69, 9.17) is 0 Å². The smallest absolute Gasteiger partial charge is 0.254 e. The minimum Gasteiger partial charge on any atom is -0.368 e. The molecule has 1 aromatic heterocycles. The summed E-state index contributed by atoms with van der Waals surface area (Å²) in [7, 11) is 0. The van der Waals surface area contributed by atoms with E-state index < -0.39 is 0 Å². The molecular formula is C24H26N4O. The van der Waals surface area contributed by atoms with Gasteiger partial charge in [-0.3, -0.25) is 4.79 Å². The molecular weight excluding hydrogens is 360 g/mol. The highest BCUT2D eigenvalue weighted by atomic mass is 16.2. The van der Waals surface area contributed by atoms with E-state index in [0.29, 0.717) is 11.4 Å². The number of benzene rings is 2. The first kappa shape index (κ1) is 19.0. The molecule has 4 rings (SSSR count). The van der Waals surface area contributed by atoms with Gasteiger partial charge in [0.2, 0.25) is 0 Å². The number of hydrogen-bond donors (Lipinski definition) is 1. The summed E-state index contributed by atoms with van der Waals surface area (Å²) in [4.78, 5) is 21.6. The Morgan fingerprint density at radius 2 is 1.69 bits per heavy atom. The van der Waals surface area contributed by atoms with Crippen molar-refractivity contribution in [3.8, 4) is 0 Å². The zero-order valence-corrected chi connectivity index (χ0v) is 16.7. The Kier molecular flexibility index (Phi) is 5.75. The molecule has 148 valence electrons. The van der Waals surface area contributed by atoms with Gasteiger partial charge in [0.15, 0.2) is 0 Å². The molecule has 1 aliphatic heterocycles. The molecule has 0 bridgehead atoms. The second-order valence-corrected chi connectivity index (χ2v) is 7.22. The number of aryl methyl sites for hydroxylation is 1. The highest BCUT2D eigenvalue weighted by molar-refractivity contribution is 5.95. The van der Waals surface area contributed by atoms with Gasteiger partial charge in [0.25, 0.3) is 5.91 Å². The number of para-hydroxylation sites is 1. The van der Waals surface area contributed by atoms with Crippen LogP contribution in [0.1, 0.15) is 22.8 Å². The zero-order chi connectivity index (χ0) is 20.1. The fourth-order valence-corrected chi connectivity index (χ4v) is 3.59. The van der Waals surface area contributed by atoms with Crippen molar-refractivity contribution in [2.45, 2.75) is 13.3 Å². The third-order valence-corrected chi connectivity index (χ3v) is 5.33. The highest BCUT2D eigenvalue weighted by Crippen LogP contribution is 2.19. The largest absolute Gasteiger partial charge is 0.368 e. The third-order valence-electron chi connectivity index (χ3n) is 5.33. The number of amides is 1. The fourth-order valence-electron chi connectivity index (χ4n) is 3.59. The monoisotopic (exact) mass is 386 g/mol. The van der Waals surface area contributed by atoms with E-state index in [1.165, 1.54) is 11.3 Å². The van der Waals surface area contributed by atoms with Crippen LogP contribution in [0.5, 0.6) is 0 Å². The number of anilines is 3. The quantitative estimate of drug-likeness (QED) is 0.708. The summed E-state index contributed by atoms with van der Waals surface area (Å²) in [6.07, 6.45) is 2.70. The molecule has 0 atom stereocenters. The van der Waals surface area contributed by atoms with Crippen LogP contribution in [0, 0.1) is 0 Å². The van der Waals surface area contributed by atoms with Gasteiger partial charge in [-0.15, -0.1) is 0 Å². The fraction of sp³-hybridized carbons (Fsp3) is 0.250. The van der Waals surface area contributed by atoms with Crippen molar-refractivity contribution in [3.05, 3.63) is 84.1 Å². The molecule has 0 unspecified atom stereocenters. The van der Waals surface area contributed by atoms with Gasteiger partial charge in [-0.05, 0) is 48.4 Å². The van der Waals surface area contributed by atoms with Crippen molar-refractivity contribution < 1.29 is 4.79 Å². The van der Waals surface area contributed by atoms with Crippen molar-refractivity contribution >= 4 is 23.1 Å². The van der Waals surface area contributed by atoms with E-state index in [0.717, 1.165) is 38.3 Å². The molecule has 1 aliphatic rings. The molecule has 0 saturated carbocycles. The van der Waals surface area contributed by atoms with Gasteiger partial charge in [0.1, 0.15) is 5.82 Å². The molecule has 2 aromatic carbocycles. The van der Waals surface area contributed by atoms with Crippen LogP contribution in [-0.4, -0.2) is 42.0 Å². The number of pyridine rings is 1. The summed E-state index contributed by atoms with van der Waals surface area (Å²) < 4.78 is 0. The summed E-state index contributed by atoms with van der Waals surface area (Å²) in [6, 6.07) is 22.3. The Morgan fingerprint density at radius 3 is 2.38 bits per heavy atom. The standard InChI is InChI=1S/C24H26N4O/c1-2-19-8-10-21(11-9-19)26-23-18-20(12-13-25-23)24(29)28-16-14-27(15-17-28)22-6-4-3-5-7-22/h3-13,18H,2,14-17H2,1H3,(H,25,26). The summed E-state index contributed by atoms with van der Waals surface area (Å²) in [5.41, 5.74) is 4.14. The molecule has 5 heteroatoms. The minimum absolute atomic E-state index is 0.0597. The van der Waals surface area contributed by atoms with Gasteiger partial charge in [-0.25, -0.2) is 4.98 Å². The number of nitrogens with one attached hydrogen (secondary N) is 1. The van der Waals surface area contributed by atoms with Crippen molar-refractivity contribution in [2.75, 3.05) is 36.4 Å². The maximum atomic E-state index is 13.0. The van der Waals surface area contributed by atoms with Crippen LogP contribution in [0.3, 0.4) is 0 Å². The molecule has 1 saturated heterocycles. The molecule has 0 radical (unpaired) electrons. The topological polar surface area (TPSA) is 48.5 Å². The van der Waals surface area contributed by atoms with Gasteiger partial charge >= 0.3 is 0 Å². The number of piperazine rings is 1. The number of carbonyl (C=O) groups is 1. The predicted octanol–water partition coefficient (Wildman–Crippen LogP) is 4.35. The van der Waals surface area contributed by atoms with Crippen molar-refractivity contribution in [1.29, 1.82) is 0 Å². The first-order valence-corrected chi connectivity index (χ1v) is 10.1. The summed E-state index contributed by atoms with van der Waals surface area (Å²) in [5.74, 6) is 0.743. The molecule has 0 aliphatic carbocycles. The SMILES string of the molecule is CCc1ccc(Nc2cc(C(=O)N3CCN(c4ccccc4)CC3)ccn2)cc1. The van der Waals surface area contributed by atoms with Crippen LogP contribution in [-0.2, 0) is 6.42 Å². The molecule has 1 fully saturated rings. The maximum absolute atomic E-state index is 13.0. The van der Waals surface area contributed by atoms with Gasteiger partial charge in [-0.2, -0.15) is 0 Å². The Labute approximate surface area is 172 Å². The maximum Gasteiger partial charge on any atom is 0.254 e. The van der Waals surface area contributed by atoms with Crippen LogP contribution in [0.25, 0.3) is 0 Å². The highest BCUT2D eigenvalue weighted by Gasteiger charge is 2.22. The molecule has 5 nitrogen and oxygen atoms in total. The lowest BCUT2D eigenvalue weighted by Crippen LogP contribution is -2.48. The summed E-state index contributed by atoms with van der Waals surface area (Å²) in [6.45, 7) is 5.26. The normalized spacial score (nSPS) is 14.0. The Bertz CT molecular complexity index is 948. The molecule has 3 aromatic rings. The Balaban J connectivity index is 1.39. The number of nitrogens with zero attached hydrogens (tertiary/aromatic N) is 3. The van der Waals surface area contributed by atoms with Crippen LogP contribution in [0.15, 0.2) is 72.9 Å². The molecule has 29 heavy (non-hydrogen) atoms. The van der Waals surface area contributed by atoms with Gasteiger partial charge in [-0.1, -0.05) is 37.3 Å². The lowest BCUT2D eigenvalue weighted by molar-refractivity contribution is 0.0746. The van der Waals surface area contributed by atoms with E-state index in [-0.39, 0.29) is 5.91 Å².